The molecule has 206 valence electrons. The van der Waals surface area contributed by atoms with Crippen molar-refractivity contribution >= 4 is 17.3 Å². The molecule has 7 nitrogen and oxygen atoms in total. The number of hydrogen-bond acceptors (Lipinski definition) is 5. The highest BCUT2D eigenvalue weighted by atomic mass is 19.4. The monoisotopic (exact) mass is 549 g/mol. The average Bonchev–Trinajstić information content (AvgIpc) is 2.93. The summed E-state index contributed by atoms with van der Waals surface area (Å²) in [6, 6.07) is 23.5. The fraction of sp³-hybridized carbons (Fsp3) is 0.167. The molecule has 0 saturated carbocycles. The number of non-ortho nitro benzene ring substituents is 1. The van der Waals surface area contributed by atoms with Gasteiger partial charge in [-0.1, -0.05) is 48.5 Å². The average molecular weight is 550 g/mol. The van der Waals surface area contributed by atoms with Gasteiger partial charge in [0, 0.05) is 37.5 Å². The number of benzene rings is 4. The first-order chi connectivity index (χ1) is 19.0. The maximum absolute atomic E-state index is 12.4. The van der Waals surface area contributed by atoms with Crippen molar-refractivity contribution in [2.75, 3.05) is 12.3 Å². The van der Waals surface area contributed by atoms with Crippen molar-refractivity contribution in [1.29, 1.82) is 0 Å². The Kier molecular flexibility index (Phi) is 8.49. The third-order valence-corrected chi connectivity index (χ3v) is 6.53. The molecule has 1 aliphatic heterocycles. The van der Waals surface area contributed by atoms with Crippen LogP contribution < -0.4 is 5.73 Å². The van der Waals surface area contributed by atoms with Gasteiger partial charge in [0.2, 0.25) is 0 Å². The van der Waals surface area contributed by atoms with E-state index in [1.165, 1.54) is 35.4 Å². The van der Waals surface area contributed by atoms with Crippen LogP contribution in [0.1, 0.15) is 32.6 Å². The number of halogens is 3. The number of rotatable bonds is 5. The van der Waals surface area contributed by atoms with Gasteiger partial charge >= 0.3 is 12.1 Å². The van der Waals surface area contributed by atoms with Crippen LogP contribution in [0.5, 0.6) is 0 Å². The molecule has 1 aliphatic rings. The zero-order valence-electron chi connectivity index (χ0n) is 21.3. The van der Waals surface area contributed by atoms with Gasteiger partial charge in [-0.05, 0) is 64.6 Å². The lowest BCUT2D eigenvalue weighted by Gasteiger charge is -2.28. The van der Waals surface area contributed by atoms with Crippen LogP contribution in [0, 0.1) is 10.1 Å². The molecular weight excluding hydrogens is 523 g/mol. The zero-order chi connectivity index (χ0) is 28.9. The van der Waals surface area contributed by atoms with Gasteiger partial charge in [-0.3, -0.25) is 15.0 Å². The summed E-state index contributed by atoms with van der Waals surface area (Å²) in [5.74, 6) is -1.12. The molecule has 0 unspecified atom stereocenters. The number of nitro benzene ring substituents is 1. The summed E-state index contributed by atoms with van der Waals surface area (Å²) < 4.78 is 37.3. The van der Waals surface area contributed by atoms with E-state index in [0.29, 0.717) is 11.1 Å². The van der Waals surface area contributed by atoms with E-state index in [0.717, 1.165) is 49.4 Å². The van der Waals surface area contributed by atoms with Crippen molar-refractivity contribution in [3.8, 4) is 11.1 Å². The summed E-state index contributed by atoms with van der Waals surface area (Å²) in [6.45, 7) is 2.53. The molecule has 0 fully saturated rings. The largest absolute Gasteiger partial charge is 0.478 e. The Morgan fingerprint density at radius 3 is 2.35 bits per heavy atom. The first-order valence-electron chi connectivity index (χ1n) is 12.3. The quantitative estimate of drug-likeness (QED) is 0.161. The van der Waals surface area contributed by atoms with Crippen molar-refractivity contribution in [3.05, 3.63) is 129 Å². The number of alkyl halides is 3. The number of carboxylic acid groups (broad SMARTS) is 1. The molecule has 40 heavy (non-hydrogen) atoms. The lowest BCUT2D eigenvalue weighted by atomic mass is 9.98. The predicted octanol–water partition coefficient (Wildman–Crippen LogP) is 6.81. The number of aromatic carboxylic acids is 1. The van der Waals surface area contributed by atoms with E-state index in [4.69, 9.17) is 10.8 Å². The van der Waals surface area contributed by atoms with Crippen LogP contribution >= 0.6 is 0 Å². The molecular formula is C30H26F3N3O4. The smallest absolute Gasteiger partial charge is 0.416 e. The van der Waals surface area contributed by atoms with Crippen LogP contribution in [0.4, 0.5) is 24.5 Å². The molecule has 5 rings (SSSR count). The normalized spacial score (nSPS) is 13.1. The molecule has 0 aromatic heterocycles. The maximum Gasteiger partial charge on any atom is 0.416 e. The topological polar surface area (TPSA) is 110 Å². The molecule has 4 aromatic rings. The molecule has 0 spiro atoms. The van der Waals surface area contributed by atoms with Crippen LogP contribution in [0.25, 0.3) is 11.1 Å². The Balaban J connectivity index is 0.000000186. The second-order valence-corrected chi connectivity index (χ2v) is 9.34. The van der Waals surface area contributed by atoms with Crippen molar-refractivity contribution in [1.82, 2.24) is 4.90 Å². The number of fused-ring (bicyclic) bond motifs is 1. The van der Waals surface area contributed by atoms with Crippen molar-refractivity contribution in [2.24, 2.45) is 0 Å². The van der Waals surface area contributed by atoms with Gasteiger partial charge in [0.05, 0.1) is 16.1 Å². The lowest BCUT2D eigenvalue weighted by Crippen LogP contribution is -2.30. The Morgan fingerprint density at radius 2 is 1.68 bits per heavy atom. The van der Waals surface area contributed by atoms with E-state index in [1.54, 1.807) is 30.3 Å². The number of nitrogens with zero attached hydrogens (tertiary/aromatic N) is 2. The molecule has 0 saturated heterocycles. The Bertz CT molecular complexity index is 1520. The fourth-order valence-corrected chi connectivity index (χ4v) is 4.55. The minimum atomic E-state index is -4.40. The third kappa shape index (κ3) is 7.03. The molecule has 0 radical (unpaired) electrons. The van der Waals surface area contributed by atoms with E-state index >= 15 is 0 Å². The number of nitrogen functional groups attached to an aromatic ring is 1. The molecule has 10 heteroatoms. The maximum atomic E-state index is 12.4. The Morgan fingerprint density at radius 1 is 0.950 bits per heavy atom. The highest BCUT2D eigenvalue weighted by molar-refractivity contribution is 5.96. The SMILES string of the molecule is Nc1ccc2c(c1)CCN(Cc1cccc([N+](=O)[O-])c1)C2.O=C(O)c1ccccc1-c1ccc(C(F)(F)F)cc1. The second kappa shape index (κ2) is 12.0. The van der Waals surface area contributed by atoms with E-state index in [-0.39, 0.29) is 16.2 Å². The Hall–Kier alpha value is -4.70. The molecule has 1 heterocycles. The van der Waals surface area contributed by atoms with E-state index in [9.17, 15) is 28.1 Å². The number of nitro groups is 1. The van der Waals surface area contributed by atoms with Gasteiger partial charge in [0.1, 0.15) is 0 Å². The van der Waals surface area contributed by atoms with Gasteiger partial charge in [-0.25, -0.2) is 4.79 Å². The first kappa shape index (κ1) is 28.3. The van der Waals surface area contributed by atoms with E-state index in [1.807, 2.05) is 18.2 Å². The molecule has 0 bridgehead atoms. The third-order valence-electron chi connectivity index (χ3n) is 6.53. The Labute approximate surface area is 228 Å². The summed E-state index contributed by atoms with van der Waals surface area (Å²) in [5, 5.41) is 19.9. The van der Waals surface area contributed by atoms with Crippen molar-refractivity contribution < 1.29 is 28.0 Å². The fourth-order valence-electron chi connectivity index (χ4n) is 4.55. The molecule has 3 N–H and O–H groups in total. The van der Waals surface area contributed by atoms with Crippen LogP contribution in [0.3, 0.4) is 0 Å². The summed E-state index contributed by atoms with van der Waals surface area (Å²) in [4.78, 5) is 23.8. The number of carbonyl (C=O) groups is 1. The van der Waals surface area contributed by atoms with Gasteiger partial charge in [-0.15, -0.1) is 0 Å². The summed E-state index contributed by atoms with van der Waals surface area (Å²) in [5.41, 5.74) is 10.5. The van der Waals surface area contributed by atoms with Gasteiger partial charge in [-0.2, -0.15) is 13.2 Å². The summed E-state index contributed by atoms with van der Waals surface area (Å²) in [6.07, 6.45) is -3.43. The number of nitrogens with two attached hydrogens (primary N) is 1. The van der Waals surface area contributed by atoms with Crippen molar-refractivity contribution in [2.45, 2.75) is 25.7 Å². The number of carboxylic acids is 1. The van der Waals surface area contributed by atoms with Gasteiger partial charge in [0.25, 0.3) is 5.69 Å². The van der Waals surface area contributed by atoms with Crippen LogP contribution in [0.2, 0.25) is 0 Å². The number of anilines is 1. The lowest BCUT2D eigenvalue weighted by molar-refractivity contribution is -0.384. The van der Waals surface area contributed by atoms with Crippen LogP contribution in [0.15, 0.2) is 91.0 Å². The minimum Gasteiger partial charge on any atom is -0.478 e. The van der Waals surface area contributed by atoms with E-state index < -0.39 is 17.7 Å². The van der Waals surface area contributed by atoms with Crippen LogP contribution in [-0.4, -0.2) is 27.4 Å². The number of hydrogen-bond donors (Lipinski definition) is 2. The summed E-state index contributed by atoms with van der Waals surface area (Å²) >= 11 is 0. The zero-order valence-corrected chi connectivity index (χ0v) is 21.3. The van der Waals surface area contributed by atoms with Crippen molar-refractivity contribution in [3.63, 3.8) is 0 Å². The van der Waals surface area contributed by atoms with Gasteiger partial charge in [0.15, 0.2) is 0 Å². The second-order valence-electron chi connectivity index (χ2n) is 9.34. The summed E-state index contributed by atoms with van der Waals surface area (Å²) in [7, 11) is 0. The molecule has 4 aromatic carbocycles. The standard InChI is InChI=1S/C16H17N3O2.C14H9F3O2/c17-15-5-4-14-11-18(7-6-13(14)9-15)10-12-2-1-3-16(8-12)19(20)21;15-14(16,17)10-7-5-9(6-8-10)11-3-1-2-4-12(11)13(18)19/h1-5,8-9H,6-7,10-11,17H2;1-8H,(H,18,19). The molecule has 0 aliphatic carbocycles. The highest BCUT2D eigenvalue weighted by Crippen LogP contribution is 2.32. The first-order valence-corrected chi connectivity index (χ1v) is 12.3. The van der Waals surface area contributed by atoms with Gasteiger partial charge < -0.3 is 10.8 Å². The highest BCUT2D eigenvalue weighted by Gasteiger charge is 2.30. The minimum absolute atomic E-state index is 0.0576. The van der Waals surface area contributed by atoms with Crippen LogP contribution in [-0.2, 0) is 25.7 Å². The predicted molar refractivity (Wildman–Crippen MR) is 146 cm³/mol. The molecule has 0 atom stereocenters. The van der Waals surface area contributed by atoms with E-state index in [2.05, 4.69) is 11.0 Å². The molecule has 0 amide bonds.